The van der Waals surface area contributed by atoms with Crippen molar-refractivity contribution in [1.29, 1.82) is 0 Å². The Kier molecular flexibility index (Phi) is 7.24. The number of methoxy groups -OCH3 is 1. The Morgan fingerprint density at radius 3 is 2.19 bits per heavy atom. The maximum absolute atomic E-state index is 14.6. The molecule has 9 heteroatoms. The number of likely N-dealkylation sites (tertiary alicyclic amines) is 1. The van der Waals surface area contributed by atoms with Gasteiger partial charge in [0.25, 0.3) is 0 Å². The average molecular weight is 570 g/mol. The third kappa shape index (κ3) is 4.35. The topological polar surface area (TPSA) is 117 Å². The van der Waals surface area contributed by atoms with Gasteiger partial charge >= 0.3 is 0 Å². The predicted octanol–water partition coefficient (Wildman–Crippen LogP) is 4.16. The first-order chi connectivity index (χ1) is 20.4. The van der Waals surface area contributed by atoms with Gasteiger partial charge in [-0.25, -0.2) is 0 Å². The summed E-state index contributed by atoms with van der Waals surface area (Å²) in [4.78, 5) is 44.3. The molecule has 3 heterocycles. The van der Waals surface area contributed by atoms with Gasteiger partial charge in [0.2, 0.25) is 17.7 Å². The summed E-state index contributed by atoms with van der Waals surface area (Å²) in [5.74, 6) is -2.15. The number of hydrogen-bond acceptors (Lipinski definition) is 6. The fraction of sp³-hybridized carbons (Fsp3) is 0.364. The molecule has 0 saturated carbocycles. The van der Waals surface area contributed by atoms with Gasteiger partial charge < -0.3 is 30.1 Å². The summed E-state index contributed by atoms with van der Waals surface area (Å²) in [6, 6.07) is 23.3. The van der Waals surface area contributed by atoms with Gasteiger partial charge in [0.05, 0.1) is 37.2 Å². The van der Waals surface area contributed by atoms with E-state index < -0.39 is 47.6 Å². The first-order valence-corrected chi connectivity index (χ1v) is 14.4. The van der Waals surface area contributed by atoms with Crippen molar-refractivity contribution < 1.29 is 29.0 Å². The van der Waals surface area contributed by atoms with Crippen LogP contribution in [0.15, 0.2) is 84.9 Å². The van der Waals surface area contributed by atoms with E-state index in [9.17, 15) is 19.5 Å². The van der Waals surface area contributed by atoms with E-state index in [1.54, 1.807) is 43.5 Å². The number of nitrogens with zero attached hydrogens (tertiary/aromatic N) is 1. The number of carbonyl (C=O) groups excluding carboxylic acids is 3. The summed E-state index contributed by atoms with van der Waals surface area (Å²) in [5, 5.41) is 16.6. The number of benzene rings is 3. The highest BCUT2D eigenvalue weighted by molar-refractivity contribution is 6.05. The standard InChI is InChI=1S/C33H35N3O6/c1-3-32-18-19-33(42-32)27(26(32)29(38)34-22-12-8-5-9-13-22)31(40)36(25(20-37)21-10-6-4-7-11-21)28(33)30(39)35-23-14-16-24(41-2)17-15-23/h4-17,25-28,37H,3,18-20H2,1-2H3,(H,34,38)(H,35,39)/t25-,26+,27+,28?,32-,33?/m1/s1. The van der Waals surface area contributed by atoms with E-state index in [1.807, 2.05) is 55.5 Å². The van der Waals surface area contributed by atoms with E-state index >= 15 is 0 Å². The van der Waals surface area contributed by atoms with Crippen LogP contribution >= 0.6 is 0 Å². The summed E-state index contributed by atoms with van der Waals surface area (Å²) < 4.78 is 12.1. The van der Waals surface area contributed by atoms with Crippen LogP contribution in [-0.2, 0) is 19.1 Å². The van der Waals surface area contributed by atoms with Gasteiger partial charge in [0, 0.05) is 11.4 Å². The Hall–Kier alpha value is -4.21. The fourth-order valence-corrected chi connectivity index (χ4v) is 7.35. The van der Waals surface area contributed by atoms with Gasteiger partial charge in [0.15, 0.2) is 0 Å². The molecule has 9 nitrogen and oxygen atoms in total. The molecule has 2 unspecified atom stereocenters. The molecule has 3 aliphatic heterocycles. The lowest BCUT2D eigenvalue weighted by Crippen LogP contribution is -2.54. The van der Waals surface area contributed by atoms with Crippen molar-refractivity contribution in [2.75, 3.05) is 24.4 Å². The zero-order valence-corrected chi connectivity index (χ0v) is 23.7. The van der Waals surface area contributed by atoms with E-state index in [0.29, 0.717) is 42.0 Å². The number of amides is 3. The number of nitrogens with one attached hydrogen (secondary N) is 2. The minimum absolute atomic E-state index is 0.306. The van der Waals surface area contributed by atoms with Crippen LogP contribution in [0.2, 0.25) is 0 Å². The summed E-state index contributed by atoms with van der Waals surface area (Å²) >= 11 is 0. The number of rotatable bonds is 9. The van der Waals surface area contributed by atoms with Crippen LogP contribution in [0.5, 0.6) is 5.75 Å². The first kappa shape index (κ1) is 27.9. The Morgan fingerprint density at radius 2 is 1.57 bits per heavy atom. The molecule has 0 aliphatic carbocycles. The predicted molar refractivity (Wildman–Crippen MR) is 157 cm³/mol. The Bertz CT molecular complexity index is 1470. The summed E-state index contributed by atoms with van der Waals surface area (Å²) in [6.45, 7) is 1.56. The van der Waals surface area contributed by atoms with Crippen molar-refractivity contribution in [2.45, 2.75) is 49.5 Å². The molecule has 3 amide bonds. The van der Waals surface area contributed by atoms with Gasteiger partial charge in [-0.05, 0) is 61.2 Å². The highest BCUT2D eigenvalue weighted by Crippen LogP contribution is 2.65. The molecular weight excluding hydrogens is 534 g/mol. The zero-order chi connectivity index (χ0) is 29.5. The largest absolute Gasteiger partial charge is 0.497 e. The monoisotopic (exact) mass is 569 g/mol. The maximum Gasteiger partial charge on any atom is 0.250 e. The highest BCUT2D eigenvalue weighted by Gasteiger charge is 2.79. The van der Waals surface area contributed by atoms with Crippen LogP contribution in [0.25, 0.3) is 0 Å². The molecule has 0 radical (unpaired) electrons. The van der Waals surface area contributed by atoms with Gasteiger partial charge in [-0.2, -0.15) is 0 Å². The van der Waals surface area contributed by atoms with Gasteiger partial charge in [-0.3, -0.25) is 14.4 Å². The summed E-state index contributed by atoms with van der Waals surface area (Å²) in [7, 11) is 1.56. The molecule has 3 aromatic rings. The van der Waals surface area contributed by atoms with Crippen LogP contribution in [0, 0.1) is 11.8 Å². The van der Waals surface area contributed by atoms with E-state index in [1.165, 1.54) is 4.90 Å². The van der Waals surface area contributed by atoms with E-state index in [2.05, 4.69) is 10.6 Å². The zero-order valence-electron chi connectivity index (χ0n) is 23.7. The molecule has 1 spiro atoms. The quantitative estimate of drug-likeness (QED) is 0.356. The third-order valence-corrected chi connectivity index (χ3v) is 9.24. The Morgan fingerprint density at radius 1 is 0.952 bits per heavy atom. The number of fused-ring (bicyclic) bond motifs is 1. The molecule has 3 N–H and O–H groups in total. The summed E-state index contributed by atoms with van der Waals surface area (Å²) in [5.41, 5.74) is -0.267. The Labute approximate surface area is 244 Å². The molecule has 6 atom stereocenters. The minimum atomic E-state index is -1.23. The molecular formula is C33H35N3O6. The second-order valence-electron chi connectivity index (χ2n) is 11.3. The summed E-state index contributed by atoms with van der Waals surface area (Å²) in [6.07, 6.45) is 1.49. The van der Waals surface area contributed by atoms with Gasteiger partial charge in [0.1, 0.15) is 17.4 Å². The molecule has 3 aromatic carbocycles. The van der Waals surface area contributed by atoms with E-state index in [0.717, 1.165) is 0 Å². The number of aliphatic hydroxyl groups excluding tert-OH is 1. The van der Waals surface area contributed by atoms with Crippen LogP contribution in [0.4, 0.5) is 11.4 Å². The van der Waals surface area contributed by atoms with Crippen LogP contribution < -0.4 is 15.4 Å². The molecule has 3 fully saturated rings. The highest BCUT2D eigenvalue weighted by atomic mass is 16.5. The SMILES string of the molecule is CC[C@]12CCC3(O1)C(C(=O)Nc1ccc(OC)cc1)N([C@H](CO)c1ccccc1)C(=O)[C@@H]3[C@H]2C(=O)Nc1ccccc1. The van der Waals surface area contributed by atoms with Crippen LogP contribution in [0.1, 0.15) is 37.8 Å². The molecule has 2 bridgehead atoms. The third-order valence-electron chi connectivity index (χ3n) is 9.24. The lowest BCUT2D eigenvalue weighted by molar-refractivity contribution is -0.148. The Balaban J connectivity index is 1.43. The van der Waals surface area contributed by atoms with Gasteiger partial charge in [-0.15, -0.1) is 0 Å². The number of carbonyl (C=O) groups is 3. The number of ether oxygens (including phenoxy) is 2. The van der Waals surface area contributed by atoms with Crippen molar-refractivity contribution in [3.63, 3.8) is 0 Å². The average Bonchev–Trinajstić information content (AvgIpc) is 3.63. The number of aliphatic hydroxyl groups is 1. The number of para-hydroxylation sites is 1. The van der Waals surface area contributed by atoms with Crippen molar-refractivity contribution in [3.8, 4) is 5.75 Å². The molecule has 42 heavy (non-hydrogen) atoms. The molecule has 3 aliphatic rings. The molecule has 0 aromatic heterocycles. The van der Waals surface area contributed by atoms with Crippen molar-refractivity contribution >= 4 is 29.1 Å². The van der Waals surface area contributed by atoms with Crippen molar-refractivity contribution in [1.82, 2.24) is 4.90 Å². The first-order valence-electron chi connectivity index (χ1n) is 14.4. The second kappa shape index (κ2) is 10.9. The van der Waals surface area contributed by atoms with Crippen molar-refractivity contribution in [3.05, 3.63) is 90.5 Å². The number of anilines is 2. The maximum atomic E-state index is 14.6. The van der Waals surface area contributed by atoms with Gasteiger partial charge in [-0.1, -0.05) is 55.5 Å². The smallest absolute Gasteiger partial charge is 0.250 e. The second-order valence-corrected chi connectivity index (χ2v) is 11.3. The van der Waals surface area contributed by atoms with Crippen LogP contribution in [0.3, 0.4) is 0 Å². The molecule has 218 valence electrons. The van der Waals surface area contributed by atoms with E-state index in [4.69, 9.17) is 9.47 Å². The van der Waals surface area contributed by atoms with Crippen LogP contribution in [-0.4, -0.2) is 58.7 Å². The normalized spacial score (nSPS) is 28.3. The number of hydrogen-bond donors (Lipinski definition) is 3. The minimum Gasteiger partial charge on any atom is -0.497 e. The van der Waals surface area contributed by atoms with E-state index in [-0.39, 0.29) is 11.8 Å². The fourth-order valence-electron chi connectivity index (χ4n) is 7.35. The lowest BCUT2D eigenvalue weighted by Gasteiger charge is -2.37. The lowest BCUT2D eigenvalue weighted by atomic mass is 9.65. The molecule has 6 rings (SSSR count). The van der Waals surface area contributed by atoms with Crippen molar-refractivity contribution in [2.24, 2.45) is 11.8 Å². The molecule has 3 saturated heterocycles.